The summed E-state index contributed by atoms with van der Waals surface area (Å²) in [5.41, 5.74) is 3.96. The molecule has 0 radical (unpaired) electrons. The Balaban J connectivity index is 1.58. The van der Waals surface area contributed by atoms with Gasteiger partial charge in [-0.05, 0) is 30.0 Å². The molecule has 3 aromatic rings. The number of aromatic amines is 1. The maximum Gasteiger partial charge on any atom is 0.344 e. The Morgan fingerprint density at radius 2 is 2.08 bits per heavy atom. The molecule has 0 unspecified atom stereocenters. The van der Waals surface area contributed by atoms with Gasteiger partial charge < -0.3 is 9.47 Å². The van der Waals surface area contributed by atoms with Crippen LogP contribution in [0.25, 0.3) is 10.9 Å². The standard InChI is InChI=1S/C20H22N2O3/c1-13(2)15-8-7-14(3)18(9-15)24-12-19(23)25-11-17-6-4-5-16-10-21-22-20(16)17/h4-10,13H,11-12H2,1-3H3,(H,21,22). The second-order valence-electron chi connectivity index (χ2n) is 6.38. The lowest BCUT2D eigenvalue weighted by Gasteiger charge is -2.12. The SMILES string of the molecule is Cc1ccc(C(C)C)cc1OCC(=O)OCc1cccc2cn[nH]c12. The van der Waals surface area contributed by atoms with E-state index >= 15 is 0 Å². The van der Waals surface area contributed by atoms with Crippen molar-refractivity contribution in [1.29, 1.82) is 0 Å². The molecule has 0 amide bonds. The second kappa shape index (κ2) is 7.38. The molecule has 0 spiro atoms. The third-order valence-electron chi connectivity index (χ3n) is 4.18. The molecule has 0 aliphatic rings. The van der Waals surface area contributed by atoms with Crippen LogP contribution in [0.4, 0.5) is 0 Å². The fraction of sp³-hybridized carbons (Fsp3) is 0.300. The van der Waals surface area contributed by atoms with Crippen LogP contribution in [0.15, 0.2) is 42.6 Å². The molecule has 0 saturated carbocycles. The van der Waals surface area contributed by atoms with Crippen molar-refractivity contribution in [2.75, 3.05) is 6.61 Å². The van der Waals surface area contributed by atoms with Gasteiger partial charge in [-0.25, -0.2) is 4.79 Å². The fourth-order valence-corrected chi connectivity index (χ4v) is 2.62. The third kappa shape index (κ3) is 3.99. The summed E-state index contributed by atoms with van der Waals surface area (Å²) in [5, 5.41) is 7.92. The van der Waals surface area contributed by atoms with E-state index in [4.69, 9.17) is 9.47 Å². The van der Waals surface area contributed by atoms with Crippen molar-refractivity contribution in [1.82, 2.24) is 10.2 Å². The van der Waals surface area contributed by atoms with E-state index < -0.39 is 5.97 Å². The van der Waals surface area contributed by atoms with Crippen molar-refractivity contribution in [2.45, 2.75) is 33.3 Å². The molecule has 5 nitrogen and oxygen atoms in total. The number of H-pyrrole nitrogens is 1. The Kier molecular flexibility index (Phi) is 5.03. The number of nitrogens with zero attached hydrogens (tertiary/aromatic N) is 1. The van der Waals surface area contributed by atoms with E-state index in [0.29, 0.717) is 5.92 Å². The molecular formula is C20H22N2O3. The summed E-state index contributed by atoms with van der Waals surface area (Å²) in [4.78, 5) is 12.0. The molecule has 1 heterocycles. The van der Waals surface area contributed by atoms with Gasteiger partial charge in [0.2, 0.25) is 0 Å². The van der Waals surface area contributed by atoms with Gasteiger partial charge in [-0.1, -0.05) is 44.2 Å². The van der Waals surface area contributed by atoms with E-state index in [0.717, 1.165) is 27.8 Å². The van der Waals surface area contributed by atoms with Crippen molar-refractivity contribution in [2.24, 2.45) is 0 Å². The summed E-state index contributed by atoms with van der Waals surface area (Å²) in [7, 11) is 0. The molecule has 1 aromatic heterocycles. The van der Waals surface area contributed by atoms with Crippen LogP contribution in [-0.4, -0.2) is 22.8 Å². The first kappa shape index (κ1) is 17.0. The highest BCUT2D eigenvalue weighted by Crippen LogP contribution is 2.24. The number of nitrogens with one attached hydrogen (secondary N) is 1. The summed E-state index contributed by atoms with van der Waals surface area (Å²) < 4.78 is 11.0. The number of benzene rings is 2. The quantitative estimate of drug-likeness (QED) is 0.687. The number of aryl methyl sites for hydroxylation is 1. The number of hydrogen-bond donors (Lipinski definition) is 1. The van der Waals surface area contributed by atoms with Crippen LogP contribution >= 0.6 is 0 Å². The highest BCUT2D eigenvalue weighted by molar-refractivity contribution is 5.81. The summed E-state index contributed by atoms with van der Waals surface area (Å²) in [6.45, 7) is 6.29. The van der Waals surface area contributed by atoms with Crippen LogP contribution < -0.4 is 4.74 Å². The Morgan fingerprint density at radius 3 is 2.88 bits per heavy atom. The number of rotatable bonds is 6. The summed E-state index contributed by atoms with van der Waals surface area (Å²) in [6.07, 6.45) is 1.74. The summed E-state index contributed by atoms with van der Waals surface area (Å²) in [5.74, 6) is 0.731. The van der Waals surface area contributed by atoms with Crippen molar-refractivity contribution in [3.05, 3.63) is 59.3 Å². The Hall–Kier alpha value is -2.82. The van der Waals surface area contributed by atoms with E-state index in [2.05, 4.69) is 30.1 Å². The maximum atomic E-state index is 12.0. The Morgan fingerprint density at radius 1 is 1.24 bits per heavy atom. The molecular weight excluding hydrogens is 316 g/mol. The van der Waals surface area contributed by atoms with E-state index in [-0.39, 0.29) is 13.2 Å². The molecule has 2 aromatic carbocycles. The Labute approximate surface area is 147 Å². The van der Waals surface area contributed by atoms with Gasteiger partial charge in [-0.15, -0.1) is 0 Å². The normalized spacial score (nSPS) is 11.0. The van der Waals surface area contributed by atoms with E-state index in [1.54, 1.807) is 6.20 Å². The second-order valence-corrected chi connectivity index (χ2v) is 6.38. The van der Waals surface area contributed by atoms with Gasteiger partial charge in [0.15, 0.2) is 6.61 Å². The predicted octanol–water partition coefficient (Wildman–Crippen LogP) is 4.12. The van der Waals surface area contributed by atoms with Crippen LogP contribution in [0.2, 0.25) is 0 Å². The molecule has 0 saturated heterocycles. The van der Waals surface area contributed by atoms with Crippen molar-refractivity contribution in [3.8, 4) is 5.75 Å². The maximum absolute atomic E-state index is 12.0. The fourth-order valence-electron chi connectivity index (χ4n) is 2.62. The topological polar surface area (TPSA) is 64.2 Å². The molecule has 25 heavy (non-hydrogen) atoms. The van der Waals surface area contributed by atoms with E-state index in [1.807, 2.05) is 37.3 Å². The minimum absolute atomic E-state index is 0.110. The van der Waals surface area contributed by atoms with Gasteiger partial charge in [0.1, 0.15) is 12.4 Å². The van der Waals surface area contributed by atoms with Gasteiger partial charge in [0.25, 0.3) is 0 Å². The summed E-state index contributed by atoms with van der Waals surface area (Å²) in [6, 6.07) is 11.9. The van der Waals surface area contributed by atoms with Crippen molar-refractivity contribution >= 4 is 16.9 Å². The Bertz CT molecular complexity index is 884. The molecule has 0 bridgehead atoms. The van der Waals surface area contributed by atoms with E-state index in [9.17, 15) is 4.79 Å². The summed E-state index contributed by atoms with van der Waals surface area (Å²) >= 11 is 0. The highest BCUT2D eigenvalue weighted by Gasteiger charge is 2.10. The molecule has 3 rings (SSSR count). The lowest BCUT2D eigenvalue weighted by Crippen LogP contribution is -2.15. The number of carbonyl (C=O) groups excluding carboxylic acids is 1. The smallest absolute Gasteiger partial charge is 0.344 e. The number of fused-ring (bicyclic) bond motifs is 1. The zero-order valence-corrected chi connectivity index (χ0v) is 14.7. The first-order valence-corrected chi connectivity index (χ1v) is 8.34. The molecule has 0 aliphatic carbocycles. The van der Waals surface area contributed by atoms with Gasteiger partial charge >= 0.3 is 5.97 Å². The van der Waals surface area contributed by atoms with Gasteiger partial charge in [-0.2, -0.15) is 5.10 Å². The number of esters is 1. The number of para-hydroxylation sites is 1. The first-order chi connectivity index (χ1) is 12.0. The number of hydrogen-bond acceptors (Lipinski definition) is 4. The molecule has 5 heteroatoms. The van der Waals surface area contributed by atoms with Crippen LogP contribution in [0, 0.1) is 6.92 Å². The lowest BCUT2D eigenvalue weighted by molar-refractivity contribution is -0.147. The van der Waals surface area contributed by atoms with Gasteiger partial charge in [0, 0.05) is 10.9 Å². The van der Waals surface area contributed by atoms with Crippen LogP contribution in [0.3, 0.4) is 0 Å². The van der Waals surface area contributed by atoms with E-state index in [1.165, 1.54) is 5.56 Å². The van der Waals surface area contributed by atoms with Crippen molar-refractivity contribution < 1.29 is 14.3 Å². The van der Waals surface area contributed by atoms with Gasteiger partial charge in [-0.3, -0.25) is 5.10 Å². The predicted molar refractivity (Wildman–Crippen MR) is 96.7 cm³/mol. The zero-order chi connectivity index (χ0) is 17.8. The first-order valence-electron chi connectivity index (χ1n) is 8.34. The number of aromatic nitrogens is 2. The van der Waals surface area contributed by atoms with Crippen LogP contribution in [0.1, 0.15) is 36.5 Å². The number of ether oxygens (including phenoxy) is 2. The lowest BCUT2D eigenvalue weighted by atomic mass is 10.0. The monoisotopic (exact) mass is 338 g/mol. The molecule has 0 atom stereocenters. The van der Waals surface area contributed by atoms with Crippen LogP contribution in [0.5, 0.6) is 5.75 Å². The third-order valence-corrected chi connectivity index (χ3v) is 4.18. The largest absolute Gasteiger partial charge is 0.482 e. The average Bonchev–Trinajstić information content (AvgIpc) is 3.08. The molecule has 0 aliphatic heterocycles. The number of carbonyl (C=O) groups is 1. The van der Waals surface area contributed by atoms with Gasteiger partial charge in [0.05, 0.1) is 11.7 Å². The van der Waals surface area contributed by atoms with Crippen molar-refractivity contribution in [3.63, 3.8) is 0 Å². The molecule has 1 N–H and O–H groups in total. The minimum Gasteiger partial charge on any atom is -0.482 e. The minimum atomic E-state index is -0.397. The molecule has 0 fully saturated rings. The molecule has 130 valence electrons. The average molecular weight is 338 g/mol. The van der Waals surface area contributed by atoms with Crippen LogP contribution in [-0.2, 0) is 16.1 Å². The zero-order valence-electron chi connectivity index (χ0n) is 14.7. The highest BCUT2D eigenvalue weighted by atomic mass is 16.6.